The van der Waals surface area contributed by atoms with Crippen LogP contribution < -0.4 is 15.6 Å². The summed E-state index contributed by atoms with van der Waals surface area (Å²) in [5, 5.41) is 12.2. The molecule has 166 valence electrons. The topological polar surface area (TPSA) is 101 Å². The molecule has 1 saturated heterocycles. The van der Waals surface area contributed by atoms with Crippen LogP contribution in [0.15, 0.2) is 23.1 Å². The lowest BCUT2D eigenvalue weighted by atomic mass is 10.1. The maximum Gasteiger partial charge on any atom is 0.407 e. The maximum absolute atomic E-state index is 15.0. The molecule has 1 saturated carbocycles. The van der Waals surface area contributed by atoms with Crippen LogP contribution in [0.4, 0.5) is 14.9 Å². The molecule has 4 rings (SSSR count). The van der Waals surface area contributed by atoms with Crippen molar-refractivity contribution < 1.29 is 23.8 Å². The number of nitrogens with zero attached hydrogens (tertiary/aromatic N) is 2. The molecule has 1 aliphatic heterocycles. The average Bonchev–Trinajstić information content (AvgIpc) is 3.39. The van der Waals surface area contributed by atoms with Crippen molar-refractivity contribution >= 4 is 28.7 Å². The minimum Gasteiger partial charge on any atom is -0.477 e. The van der Waals surface area contributed by atoms with Gasteiger partial charge in [-0.3, -0.25) is 4.79 Å². The van der Waals surface area contributed by atoms with Gasteiger partial charge in [-0.05, 0) is 52.2 Å². The number of anilines is 1. The maximum atomic E-state index is 15.0. The van der Waals surface area contributed by atoms with Gasteiger partial charge in [0.15, 0.2) is 0 Å². The summed E-state index contributed by atoms with van der Waals surface area (Å²) in [6.07, 6.45) is 3.25. The Balaban J connectivity index is 1.63. The molecule has 0 radical (unpaired) electrons. The Kier molecular flexibility index (Phi) is 5.15. The van der Waals surface area contributed by atoms with E-state index in [0.717, 1.165) is 18.9 Å². The number of carbonyl (C=O) groups excluding carboxylic acids is 1. The summed E-state index contributed by atoms with van der Waals surface area (Å²) in [6, 6.07) is 2.67. The molecule has 1 aromatic heterocycles. The van der Waals surface area contributed by atoms with E-state index >= 15 is 0 Å². The molecule has 1 amide bonds. The molecule has 1 aliphatic carbocycles. The second kappa shape index (κ2) is 7.55. The highest BCUT2D eigenvalue weighted by atomic mass is 19.1. The van der Waals surface area contributed by atoms with Gasteiger partial charge in [0, 0.05) is 30.7 Å². The molecule has 0 unspecified atom stereocenters. The summed E-state index contributed by atoms with van der Waals surface area (Å²) in [6.45, 7) is 6.29. The van der Waals surface area contributed by atoms with Gasteiger partial charge in [-0.25, -0.2) is 14.0 Å². The van der Waals surface area contributed by atoms with Gasteiger partial charge >= 0.3 is 12.1 Å². The zero-order chi connectivity index (χ0) is 22.5. The fraction of sp³-hybridized carbons (Fsp3) is 0.500. The second-order valence-electron chi connectivity index (χ2n) is 9.21. The number of carboxylic acids is 1. The van der Waals surface area contributed by atoms with Crippen LogP contribution >= 0.6 is 0 Å². The Hall–Kier alpha value is -3.10. The van der Waals surface area contributed by atoms with Gasteiger partial charge in [0.2, 0.25) is 5.43 Å². The SMILES string of the molecule is CC(C)(C)OC(=O)N[C@@H]1CCN(c2cc3c(cc2F)c(=O)c(C(=O)O)cn3C2CC2)C1. The minimum atomic E-state index is -1.32. The minimum absolute atomic E-state index is 0.0654. The number of alkyl carbamates (subject to hydrolysis) is 1. The highest BCUT2D eigenvalue weighted by Gasteiger charge is 2.30. The van der Waals surface area contributed by atoms with Crippen LogP contribution in [0.25, 0.3) is 10.9 Å². The van der Waals surface area contributed by atoms with Crippen molar-refractivity contribution in [2.75, 3.05) is 18.0 Å². The molecule has 2 heterocycles. The van der Waals surface area contributed by atoms with E-state index in [1.165, 1.54) is 6.20 Å². The fourth-order valence-electron chi connectivity index (χ4n) is 3.98. The number of halogens is 1. The van der Waals surface area contributed by atoms with Gasteiger partial charge in [-0.15, -0.1) is 0 Å². The van der Waals surface area contributed by atoms with Gasteiger partial charge in [-0.1, -0.05) is 0 Å². The number of aromatic carboxylic acids is 1. The Labute approximate surface area is 178 Å². The molecule has 0 bridgehead atoms. The molecule has 2 aliphatic rings. The largest absolute Gasteiger partial charge is 0.477 e. The zero-order valence-electron chi connectivity index (χ0n) is 17.8. The Morgan fingerprint density at radius 1 is 1.23 bits per heavy atom. The number of aromatic nitrogens is 1. The fourth-order valence-corrected chi connectivity index (χ4v) is 3.98. The number of hydrogen-bond acceptors (Lipinski definition) is 5. The van der Waals surface area contributed by atoms with Crippen molar-refractivity contribution in [2.24, 2.45) is 0 Å². The lowest BCUT2D eigenvalue weighted by Gasteiger charge is -2.23. The van der Waals surface area contributed by atoms with Crippen LogP contribution in [-0.4, -0.2) is 46.5 Å². The number of carbonyl (C=O) groups is 2. The summed E-state index contributed by atoms with van der Waals surface area (Å²) in [7, 11) is 0. The standard InChI is InChI=1S/C22H26FN3O5/c1-22(2,3)31-21(30)24-12-6-7-25(10-12)18-9-17-14(8-16(18)23)19(27)15(20(28)29)11-26(17)13-4-5-13/h8-9,11-13H,4-7,10H2,1-3H3,(H,24,30)(H,28,29)/t12-/m1/s1. The first-order valence-corrected chi connectivity index (χ1v) is 10.4. The molecule has 1 aromatic carbocycles. The highest BCUT2D eigenvalue weighted by Crippen LogP contribution is 2.38. The Morgan fingerprint density at radius 2 is 1.94 bits per heavy atom. The summed E-state index contributed by atoms with van der Waals surface area (Å²) in [4.78, 5) is 37.9. The number of carboxylic acid groups (broad SMARTS) is 1. The molecule has 31 heavy (non-hydrogen) atoms. The van der Waals surface area contributed by atoms with Crippen molar-refractivity contribution in [3.05, 3.63) is 39.9 Å². The van der Waals surface area contributed by atoms with Crippen LogP contribution in [0.2, 0.25) is 0 Å². The van der Waals surface area contributed by atoms with E-state index in [1.807, 2.05) is 4.90 Å². The first kappa shape index (κ1) is 21.1. The van der Waals surface area contributed by atoms with E-state index in [2.05, 4.69) is 5.32 Å². The van der Waals surface area contributed by atoms with Gasteiger partial charge in [-0.2, -0.15) is 0 Å². The van der Waals surface area contributed by atoms with Gasteiger partial charge in [0.05, 0.1) is 17.2 Å². The van der Waals surface area contributed by atoms with Crippen molar-refractivity contribution in [2.45, 2.75) is 57.7 Å². The molecule has 2 N–H and O–H groups in total. The zero-order valence-corrected chi connectivity index (χ0v) is 17.8. The van der Waals surface area contributed by atoms with Crippen LogP contribution in [-0.2, 0) is 4.74 Å². The van der Waals surface area contributed by atoms with Crippen molar-refractivity contribution in [1.82, 2.24) is 9.88 Å². The van der Waals surface area contributed by atoms with E-state index < -0.39 is 28.9 Å². The first-order chi connectivity index (χ1) is 14.5. The third kappa shape index (κ3) is 4.35. The smallest absolute Gasteiger partial charge is 0.407 e. The Morgan fingerprint density at radius 3 is 2.55 bits per heavy atom. The monoisotopic (exact) mass is 431 g/mol. The third-order valence-electron chi connectivity index (χ3n) is 5.52. The van der Waals surface area contributed by atoms with Crippen molar-refractivity contribution in [1.29, 1.82) is 0 Å². The normalized spacial score (nSPS) is 19.0. The predicted molar refractivity (Wildman–Crippen MR) is 113 cm³/mol. The highest BCUT2D eigenvalue weighted by molar-refractivity contribution is 5.93. The molecule has 2 fully saturated rings. The number of fused-ring (bicyclic) bond motifs is 1. The lowest BCUT2D eigenvalue weighted by Crippen LogP contribution is -2.40. The molecular weight excluding hydrogens is 405 g/mol. The Bertz CT molecular complexity index is 1120. The summed E-state index contributed by atoms with van der Waals surface area (Å²) >= 11 is 0. The molecular formula is C22H26FN3O5. The van der Waals surface area contributed by atoms with E-state index in [-0.39, 0.29) is 23.0 Å². The predicted octanol–water partition coefficient (Wildman–Crippen LogP) is 3.28. The quantitative estimate of drug-likeness (QED) is 0.771. The number of nitrogens with one attached hydrogen (secondary N) is 1. The number of hydrogen-bond donors (Lipinski definition) is 2. The average molecular weight is 431 g/mol. The van der Waals surface area contributed by atoms with E-state index in [4.69, 9.17) is 4.74 Å². The van der Waals surface area contributed by atoms with Gasteiger partial charge in [0.1, 0.15) is 17.0 Å². The lowest BCUT2D eigenvalue weighted by molar-refractivity contribution is 0.0508. The second-order valence-corrected chi connectivity index (χ2v) is 9.21. The first-order valence-electron chi connectivity index (χ1n) is 10.4. The van der Waals surface area contributed by atoms with Crippen LogP contribution in [0.5, 0.6) is 0 Å². The van der Waals surface area contributed by atoms with Gasteiger partial charge < -0.3 is 24.6 Å². The number of amides is 1. The molecule has 0 spiro atoms. The van der Waals surface area contributed by atoms with Crippen molar-refractivity contribution in [3.63, 3.8) is 0 Å². The molecule has 8 nitrogen and oxygen atoms in total. The number of ether oxygens (including phenoxy) is 1. The van der Waals surface area contributed by atoms with E-state index in [9.17, 15) is 23.9 Å². The summed E-state index contributed by atoms with van der Waals surface area (Å²) in [5.41, 5.74) is -0.783. The van der Waals surface area contributed by atoms with Crippen molar-refractivity contribution in [3.8, 4) is 0 Å². The van der Waals surface area contributed by atoms with Crippen LogP contribution in [0.3, 0.4) is 0 Å². The molecule has 9 heteroatoms. The van der Waals surface area contributed by atoms with Crippen LogP contribution in [0.1, 0.15) is 56.4 Å². The van der Waals surface area contributed by atoms with E-state index in [1.54, 1.807) is 31.4 Å². The molecule has 2 aromatic rings. The molecule has 1 atom stereocenters. The number of pyridine rings is 1. The van der Waals surface area contributed by atoms with E-state index in [0.29, 0.717) is 30.7 Å². The van der Waals surface area contributed by atoms with Crippen LogP contribution in [0, 0.1) is 5.82 Å². The number of rotatable bonds is 4. The summed E-state index contributed by atoms with van der Waals surface area (Å²) in [5.74, 6) is -1.91. The third-order valence-corrected chi connectivity index (χ3v) is 5.52. The number of benzene rings is 1. The summed E-state index contributed by atoms with van der Waals surface area (Å²) < 4.78 is 22.1. The van der Waals surface area contributed by atoms with Gasteiger partial charge in [0.25, 0.3) is 0 Å².